The Bertz CT molecular complexity index is 1130. The van der Waals surface area contributed by atoms with Gasteiger partial charge < -0.3 is 14.4 Å². The Kier molecular flexibility index (Phi) is 8.20. The second-order valence-electron chi connectivity index (χ2n) is 7.97. The lowest BCUT2D eigenvalue weighted by Gasteiger charge is -2.17. The lowest BCUT2D eigenvalue weighted by molar-refractivity contribution is 0.0955. The van der Waals surface area contributed by atoms with Gasteiger partial charge in [0.25, 0.3) is 5.91 Å². The van der Waals surface area contributed by atoms with Crippen molar-refractivity contribution in [2.45, 2.75) is 26.4 Å². The number of nitrogens with zero attached hydrogens (tertiary/aromatic N) is 2. The maximum Gasteiger partial charge on any atom is 0.271 e. The van der Waals surface area contributed by atoms with Crippen LogP contribution in [0.15, 0.2) is 76.3 Å². The van der Waals surface area contributed by atoms with Crippen LogP contribution < -0.4 is 19.8 Å². The monoisotopic (exact) mass is 521 g/mol. The zero-order chi connectivity index (χ0) is 23.8. The summed E-state index contributed by atoms with van der Waals surface area (Å²) in [5, 5.41) is 4.14. The van der Waals surface area contributed by atoms with Crippen molar-refractivity contribution in [2.24, 2.45) is 5.10 Å². The second kappa shape index (κ2) is 11.7. The second-order valence-corrected chi connectivity index (χ2v) is 8.82. The minimum Gasteiger partial charge on any atom is -0.490 e. The van der Waals surface area contributed by atoms with Crippen LogP contribution in [0.5, 0.6) is 11.5 Å². The number of carbonyl (C=O) groups is 1. The number of amides is 1. The number of hydrazone groups is 1. The van der Waals surface area contributed by atoms with Gasteiger partial charge in [-0.1, -0.05) is 30.3 Å². The molecule has 0 saturated carbocycles. The van der Waals surface area contributed by atoms with E-state index in [1.165, 1.54) is 12.8 Å². The van der Waals surface area contributed by atoms with Gasteiger partial charge in [-0.05, 0) is 77.7 Å². The van der Waals surface area contributed by atoms with E-state index >= 15 is 0 Å². The number of nitrogens with one attached hydrogen (secondary N) is 1. The van der Waals surface area contributed by atoms with Crippen LogP contribution in [0.3, 0.4) is 0 Å². The van der Waals surface area contributed by atoms with Crippen LogP contribution >= 0.6 is 15.9 Å². The summed E-state index contributed by atoms with van der Waals surface area (Å²) in [7, 11) is 0. The highest BCUT2D eigenvalue weighted by atomic mass is 79.9. The van der Waals surface area contributed by atoms with Gasteiger partial charge in [0.2, 0.25) is 0 Å². The molecular weight excluding hydrogens is 494 g/mol. The zero-order valence-electron chi connectivity index (χ0n) is 19.2. The van der Waals surface area contributed by atoms with E-state index in [1.54, 1.807) is 6.21 Å². The highest BCUT2D eigenvalue weighted by Crippen LogP contribution is 2.34. The Hall–Kier alpha value is -3.32. The molecular formula is C27H28BrN3O3. The smallest absolute Gasteiger partial charge is 0.271 e. The molecule has 34 heavy (non-hydrogen) atoms. The van der Waals surface area contributed by atoms with Gasteiger partial charge in [-0.25, -0.2) is 5.43 Å². The number of benzene rings is 3. The summed E-state index contributed by atoms with van der Waals surface area (Å²) in [5.74, 6) is 0.997. The normalized spacial score (nSPS) is 13.3. The summed E-state index contributed by atoms with van der Waals surface area (Å²) in [5.41, 5.74) is 6.16. The molecule has 0 unspecified atom stereocenters. The first-order valence-corrected chi connectivity index (χ1v) is 12.2. The van der Waals surface area contributed by atoms with Crippen LogP contribution in [-0.4, -0.2) is 31.8 Å². The minimum atomic E-state index is -0.256. The molecule has 0 radical (unpaired) electrons. The summed E-state index contributed by atoms with van der Waals surface area (Å²) in [4.78, 5) is 14.8. The molecule has 0 atom stereocenters. The highest BCUT2D eigenvalue weighted by Gasteiger charge is 2.13. The van der Waals surface area contributed by atoms with Gasteiger partial charge in [-0.15, -0.1) is 0 Å². The van der Waals surface area contributed by atoms with E-state index in [4.69, 9.17) is 9.47 Å². The molecule has 1 amide bonds. The average molecular weight is 522 g/mol. The zero-order valence-corrected chi connectivity index (χ0v) is 20.8. The molecule has 1 aliphatic heterocycles. The van der Waals surface area contributed by atoms with Gasteiger partial charge in [0.05, 0.1) is 12.8 Å². The predicted molar refractivity (Wildman–Crippen MR) is 139 cm³/mol. The van der Waals surface area contributed by atoms with Crippen molar-refractivity contribution in [3.05, 3.63) is 87.9 Å². The highest BCUT2D eigenvalue weighted by molar-refractivity contribution is 9.10. The molecule has 1 saturated heterocycles. The molecule has 3 aromatic rings. The molecule has 0 aromatic heterocycles. The van der Waals surface area contributed by atoms with E-state index in [1.807, 2.05) is 73.7 Å². The average Bonchev–Trinajstić information content (AvgIpc) is 3.41. The third-order valence-corrected chi connectivity index (χ3v) is 6.26. The third kappa shape index (κ3) is 6.17. The molecule has 0 aliphatic carbocycles. The van der Waals surface area contributed by atoms with Crippen LogP contribution in [0.25, 0.3) is 0 Å². The van der Waals surface area contributed by atoms with Gasteiger partial charge in [0.15, 0.2) is 11.5 Å². The summed E-state index contributed by atoms with van der Waals surface area (Å²) in [6, 6.07) is 21.3. The molecule has 3 aromatic carbocycles. The van der Waals surface area contributed by atoms with E-state index in [-0.39, 0.29) is 5.91 Å². The van der Waals surface area contributed by atoms with Crippen molar-refractivity contribution in [2.75, 3.05) is 24.6 Å². The number of hydrogen-bond donors (Lipinski definition) is 1. The number of anilines is 1. The van der Waals surface area contributed by atoms with Crippen molar-refractivity contribution < 1.29 is 14.3 Å². The standard InChI is InChI=1S/C27H28BrN3O3/c1-2-33-25-16-22(24(28)17-26(25)34-19-20-8-4-3-5-9-20)18-29-30-27(32)21-10-12-23(13-11-21)31-14-6-7-15-31/h3-5,8-13,16-18H,2,6-7,14-15,19H2,1H3,(H,30,32)/b29-18-. The van der Waals surface area contributed by atoms with Gasteiger partial charge in [-0.2, -0.15) is 5.10 Å². The van der Waals surface area contributed by atoms with E-state index in [2.05, 4.69) is 31.4 Å². The lowest BCUT2D eigenvalue weighted by atomic mass is 10.2. The summed E-state index contributed by atoms with van der Waals surface area (Å²) < 4.78 is 12.5. The fourth-order valence-electron chi connectivity index (χ4n) is 3.79. The Morgan fingerprint density at radius 2 is 1.74 bits per heavy atom. The molecule has 4 rings (SSSR count). The SMILES string of the molecule is CCOc1cc(/C=N\NC(=O)c2ccc(N3CCCC3)cc2)c(Br)cc1OCc1ccccc1. The number of rotatable bonds is 9. The van der Waals surface area contributed by atoms with Gasteiger partial charge in [0.1, 0.15) is 6.61 Å². The van der Waals surface area contributed by atoms with Gasteiger partial charge in [0, 0.05) is 34.4 Å². The topological polar surface area (TPSA) is 63.2 Å². The van der Waals surface area contributed by atoms with Crippen molar-refractivity contribution in [3.63, 3.8) is 0 Å². The molecule has 1 fully saturated rings. The number of ether oxygens (including phenoxy) is 2. The van der Waals surface area contributed by atoms with E-state index in [0.717, 1.165) is 34.4 Å². The number of halogens is 1. The molecule has 1 aliphatic rings. The van der Waals surface area contributed by atoms with Crippen molar-refractivity contribution in [3.8, 4) is 11.5 Å². The summed E-state index contributed by atoms with van der Waals surface area (Å²) in [6.07, 6.45) is 4.03. The van der Waals surface area contributed by atoms with Crippen LogP contribution in [0, 0.1) is 0 Å². The molecule has 176 valence electrons. The predicted octanol–water partition coefficient (Wildman–Crippen LogP) is 5.79. The van der Waals surface area contributed by atoms with Crippen LogP contribution in [0.1, 0.15) is 41.3 Å². The lowest BCUT2D eigenvalue weighted by Crippen LogP contribution is -2.19. The molecule has 1 N–H and O–H groups in total. The summed E-state index contributed by atoms with van der Waals surface area (Å²) >= 11 is 3.57. The van der Waals surface area contributed by atoms with Crippen molar-refractivity contribution in [1.29, 1.82) is 0 Å². The quantitative estimate of drug-likeness (QED) is 0.286. The molecule has 0 spiro atoms. The fourth-order valence-corrected chi connectivity index (χ4v) is 4.21. The summed E-state index contributed by atoms with van der Waals surface area (Å²) in [6.45, 7) is 5.01. The third-order valence-electron chi connectivity index (χ3n) is 5.57. The van der Waals surface area contributed by atoms with Gasteiger partial charge >= 0.3 is 0 Å². The Morgan fingerprint density at radius 3 is 2.44 bits per heavy atom. The Balaban J connectivity index is 1.40. The van der Waals surface area contributed by atoms with Crippen LogP contribution in [-0.2, 0) is 6.61 Å². The first-order valence-electron chi connectivity index (χ1n) is 11.5. The maximum atomic E-state index is 12.5. The molecule has 1 heterocycles. The van der Waals surface area contributed by atoms with Gasteiger partial charge in [-0.3, -0.25) is 4.79 Å². The number of hydrogen-bond acceptors (Lipinski definition) is 5. The van der Waals surface area contributed by atoms with E-state index < -0.39 is 0 Å². The maximum absolute atomic E-state index is 12.5. The number of carbonyl (C=O) groups excluding carboxylic acids is 1. The minimum absolute atomic E-state index is 0.256. The molecule has 0 bridgehead atoms. The van der Waals surface area contributed by atoms with Crippen molar-refractivity contribution in [1.82, 2.24) is 5.43 Å². The Morgan fingerprint density at radius 1 is 1.03 bits per heavy atom. The van der Waals surface area contributed by atoms with Crippen LogP contribution in [0.4, 0.5) is 5.69 Å². The first kappa shape index (κ1) is 23.8. The molecule has 6 nitrogen and oxygen atoms in total. The largest absolute Gasteiger partial charge is 0.490 e. The fraction of sp³-hybridized carbons (Fsp3) is 0.259. The molecule has 7 heteroatoms. The van der Waals surface area contributed by atoms with E-state index in [0.29, 0.717) is 30.3 Å². The first-order chi connectivity index (χ1) is 16.6. The van der Waals surface area contributed by atoms with Crippen LogP contribution in [0.2, 0.25) is 0 Å². The van der Waals surface area contributed by atoms with Crippen molar-refractivity contribution >= 4 is 33.7 Å². The van der Waals surface area contributed by atoms with E-state index in [9.17, 15) is 4.79 Å². The Labute approximate surface area is 208 Å².